The third-order valence-electron chi connectivity index (χ3n) is 4.22. The van der Waals surface area contributed by atoms with E-state index in [2.05, 4.69) is 15.4 Å². The highest BCUT2D eigenvalue weighted by Crippen LogP contribution is 2.22. The fourth-order valence-electron chi connectivity index (χ4n) is 2.84. The molecule has 2 aromatic heterocycles. The van der Waals surface area contributed by atoms with Crippen molar-refractivity contribution in [3.05, 3.63) is 58.8 Å². The minimum absolute atomic E-state index is 0.00499. The number of rotatable bonds is 8. The molecule has 0 fully saturated rings. The second-order valence-electron chi connectivity index (χ2n) is 6.48. The summed E-state index contributed by atoms with van der Waals surface area (Å²) in [7, 11) is 0. The predicted octanol–water partition coefficient (Wildman–Crippen LogP) is 3.95. The Kier molecular flexibility index (Phi) is 6.29. The topological polar surface area (TPSA) is 73.0 Å². The first-order chi connectivity index (χ1) is 13.0. The van der Waals surface area contributed by atoms with Gasteiger partial charge in [0.05, 0.1) is 11.9 Å². The Morgan fingerprint density at radius 2 is 2.04 bits per heavy atom. The Morgan fingerprint density at radius 3 is 2.74 bits per heavy atom. The largest absolute Gasteiger partial charge is 0.441 e. The molecule has 0 spiro atoms. The molecule has 2 heterocycles. The number of benzene rings is 1. The Balaban J connectivity index is 1.39. The minimum atomic E-state index is -0.00499. The molecule has 0 saturated heterocycles. The van der Waals surface area contributed by atoms with Gasteiger partial charge in [-0.1, -0.05) is 11.6 Å². The summed E-state index contributed by atoms with van der Waals surface area (Å²) in [6, 6.07) is 9.41. The van der Waals surface area contributed by atoms with Crippen LogP contribution in [0.5, 0.6) is 0 Å². The number of oxazole rings is 1. The van der Waals surface area contributed by atoms with Crippen LogP contribution in [0.25, 0.3) is 11.3 Å². The first kappa shape index (κ1) is 19.2. The lowest BCUT2D eigenvalue weighted by Gasteiger charge is -2.06. The van der Waals surface area contributed by atoms with E-state index in [1.807, 2.05) is 36.7 Å². The van der Waals surface area contributed by atoms with Crippen LogP contribution in [0.4, 0.5) is 0 Å². The van der Waals surface area contributed by atoms with Gasteiger partial charge in [0.1, 0.15) is 0 Å². The molecule has 6 nitrogen and oxygen atoms in total. The molecule has 27 heavy (non-hydrogen) atoms. The van der Waals surface area contributed by atoms with Crippen LogP contribution in [0, 0.1) is 13.8 Å². The van der Waals surface area contributed by atoms with Gasteiger partial charge in [-0.25, -0.2) is 4.98 Å². The maximum atomic E-state index is 12.0. The molecule has 0 aliphatic rings. The molecule has 142 valence electrons. The van der Waals surface area contributed by atoms with Gasteiger partial charge in [0, 0.05) is 42.2 Å². The summed E-state index contributed by atoms with van der Waals surface area (Å²) < 4.78 is 7.68. The molecule has 1 amide bonds. The van der Waals surface area contributed by atoms with Crippen molar-refractivity contribution >= 4 is 17.5 Å². The molecule has 3 rings (SSSR count). The lowest BCUT2D eigenvalue weighted by molar-refractivity contribution is -0.121. The zero-order chi connectivity index (χ0) is 19.2. The number of hydrogen-bond acceptors (Lipinski definition) is 4. The van der Waals surface area contributed by atoms with Gasteiger partial charge < -0.3 is 9.73 Å². The van der Waals surface area contributed by atoms with E-state index in [4.69, 9.17) is 16.0 Å². The first-order valence-electron chi connectivity index (χ1n) is 8.99. The minimum Gasteiger partial charge on any atom is -0.441 e. The third-order valence-corrected chi connectivity index (χ3v) is 4.47. The quantitative estimate of drug-likeness (QED) is 0.595. The molecule has 3 aromatic rings. The van der Waals surface area contributed by atoms with Crippen molar-refractivity contribution in [2.45, 2.75) is 39.7 Å². The summed E-state index contributed by atoms with van der Waals surface area (Å²) in [5, 5.41) is 8.01. The number of amides is 1. The first-order valence-corrected chi connectivity index (χ1v) is 9.37. The number of halogens is 1. The average Bonchev–Trinajstić information content (AvgIpc) is 3.24. The van der Waals surface area contributed by atoms with E-state index in [0.717, 1.165) is 29.9 Å². The van der Waals surface area contributed by atoms with Gasteiger partial charge in [-0.05, 0) is 50.6 Å². The monoisotopic (exact) mass is 386 g/mol. The number of nitrogens with zero attached hydrogens (tertiary/aromatic N) is 3. The maximum absolute atomic E-state index is 12.0. The van der Waals surface area contributed by atoms with Gasteiger partial charge in [-0.15, -0.1) is 0 Å². The van der Waals surface area contributed by atoms with E-state index >= 15 is 0 Å². The third kappa shape index (κ3) is 5.44. The fourth-order valence-corrected chi connectivity index (χ4v) is 2.97. The molecule has 0 bridgehead atoms. The smallest absolute Gasteiger partial charge is 0.220 e. The van der Waals surface area contributed by atoms with Gasteiger partial charge in [0.25, 0.3) is 0 Å². The lowest BCUT2D eigenvalue weighted by Crippen LogP contribution is -2.25. The van der Waals surface area contributed by atoms with Gasteiger partial charge in [-0.3, -0.25) is 9.48 Å². The van der Waals surface area contributed by atoms with Crippen LogP contribution in [-0.2, 0) is 17.8 Å². The summed E-state index contributed by atoms with van der Waals surface area (Å²) in [5.74, 6) is 1.22. The van der Waals surface area contributed by atoms with Crippen molar-refractivity contribution in [1.82, 2.24) is 20.1 Å². The molecule has 0 radical (unpaired) electrons. The van der Waals surface area contributed by atoms with E-state index < -0.39 is 0 Å². The Labute approximate surface area is 163 Å². The van der Waals surface area contributed by atoms with Crippen molar-refractivity contribution in [3.8, 4) is 11.3 Å². The summed E-state index contributed by atoms with van der Waals surface area (Å²) in [4.78, 5) is 16.2. The van der Waals surface area contributed by atoms with Gasteiger partial charge in [-0.2, -0.15) is 5.10 Å². The molecule has 7 heteroatoms. The lowest BCUT2D eigenvalue weighted by atomic mass is 10.2. The molecule has 0 unspecified atom stereocenters. The highest BCUT2D eigenvalue weighted by molar-refractivity contribution is 6.30. The van der Waals surface area contributed by atoms with Crippen LogP contribution < -0.4 is 5.32 Å². The number of nitrogens with one attached hydrogen (secondary N) is 1. The average molecular weight is 387 g/mol. The van der Waals surface area contributed by atoms with Crippen LogP contribution >= 0.6 is 11.6 Å². The Bertz CT molecular complexity index is 899. The van der Waals surface area contributed by atoms with Crippen LogP contribution in [0.2, 0.25) is 5.02 Å². The van der Waals surface area contributed by atoms with Crippen molar-refractivity contribution in [3.63, 3.8) is 0 Å². The predicted molar refractivity (Wildman–Crippen MR) is 105 cm³/mol. The van der Waals surface area contributed by atoms with Crippen LogP contribution in [0.15, 0.2) is 40.9 Å². The standard InChI is InChI=1S/C20H23ClN4O2/c1-14-12-15(2)25(24-14)11-3-10-22-19(26)8-9-20-23-13-18(27-20)16-4-6-17(21)7-5-16/h4-7,12-13H,3,8-11H2,1-2H3,(H,22,26). The number of hydrogen-bond donors (Lipinski definition) is 1. The van der Waals surface area contributed by atoms with Crippen molar-refractivity contribution in [2.75, 3.05) is 6.54 Å². The number of aryl methyl sites for hydroxylation is 4. The SMILES string of the molecule is Cc1cc(C)n(CCCNC(=O)CCc2ncc(-c3ccc(Cl)cc3)o2)n1. The second kappa shape index (κ2) is 8.86. The van der Waals surface area contributed by atoms with E-state index in [-0.39, 0.29) is 5.91 Å². The number of carbonyl (C=O) groups excluding carboxylic acids is 1. The second-order valence-corrected chi connectivity index (χ2v) is 6.92. The van der Waals surface area contributed by atoms with Crippen LogP contribution in [0.1, 0.15) is 30.1 Å². The normalized spacial score (nSPS) is 10.9. The van der Waals surface area contributed by atoms with Crippen LogP contribution in [0.3, 0.4) is 0 Å². The van der Waals surface area contributed by atoms with Crippen molar-refractivity contribution in [2.24, 2.45) is 0 Å². The summed E-state index contributed by atoms with van der Waals surface area (Å²) >= 11 is 5.89. The van der Waals surface area contributed by atoms with Crippen molar-refractivity contribution in [1.29, 1.82) is 0 Å². The molecule has 1 aromatic carbocycles. The number of aromatic nitrogens is 3. The zero-order valence-electron chi connectivity index (χ0n) is 15.5. The molecular formula is C20H23ClN4O2. The highest BCUT2D eigenvalue weighted by Gasteiger charge is 2.09. The van der Waals surface area contributed by atoms with Crippen molar-refractivity contribution < 1.29 is 9.21 Å². The molecule has 0 atom stereocenters. The molecule has 0 aliphatic heterocycles. The van der Waals surface area contributed by atoms with Gasteiger partial charge >= 0.3 is 0 Å². The van der Waals surface area contributed by atoms with E-state index in [0.29, 0.717) is 36.1 Å². The molecule has 1 N–H and O–H groups in total. The fraction of sp³-hybridized carbons (Fsp3) is 0.350. The number of carbonyl (C=O) groups is 1. The van der Waals surface area contributed by atoms with Crippen LogP contribution in [-0.4, -0.2) is 27.2 Å². The van der Waals surface area contributed by atoms with E-state index in [1.165, 1.54) is 0 Å². The zero-order valence-corrected chi connectivity index (χ0v) is 16.3. The summed E-state index contributed by atoms with van der Waals surface area (Å²) in [6.07, 6.45) is 3.33. The molecular weight excluding hydrogens is 364 g/mol. The maximum Gasteiger partial charge on any atom is 0.220 e. The molecule has 0 aliphatic carbocycles. The molecule has 0 saturated carbocycles. The van der Waals surface area contributed by atoms with E-state index in [1.54, 1.807) is 18.3 Å². The van der Waals surface area contributed by atoms with Gasteiger partial charge in [0.15, 0.2) is 11.7 Å². The summed E-state index contributed by atoms with van der Waals surface area (Å²) in [5.41, 5.74) is 3.06. The summed E-state index contributed by atoms with van der Waals surface area (Å²) in [6.45, 7) is 5.43. The Morgan fingerprint density at radius 1 is 1.26 bits per heavy atom. The van der Waals surface area contributed by atoms with Gasteiger partial charge in [0.2, 0.25) is 5.91 Å². The Hall–Kier alpha value is -2.60. The van der Waals surface area contributed by atoms with E-state index in [9.17, 15) is 4.79 Å². The highest BCUT2D eigenvalue weighted by atomic mass is 35.5.